The summed E-state index contributed by atoms with van der Waals surface area (Å²) in [5.41, 5.74) is 3.15. The summed E-state index contributed by atoms with van der Waals surface area (Å²) < 4.78 is 22.3. The number of hydrogen-bond donors (Lipinski definition) is 0. The first-order chi connectivity index (χ1) is 17.9. The third-order valence-corrected chi connectivity index (χ3v) is 6.07. The molecule has 0 saturated heterocycles. The van der Waals surface area contributed by atoms with Crippen LogP contribution in [0.3, 0.4) is 0 Å². The molecule has 6 heteroatoms. The molecule has 2 heterocycles. The summed E-state index contributed by atoms with van der Waals surface area (Å²) >= 11 is 0. The molecule has 2 aromatic heterocycles. The number of esters is 2. The van der Waals surface area contributed by atoms with Crippen molar-refractivity contribution in [2.24, 2.45) is 0 Å². The van der Waals surface area contributed by atoms with E-state index < -0.39 is 11.9 Å². The minimum absolute atomic E-state index is 0.0219. The van der Waals surface area contributed by atoms with E-state index in [-0.39, 0.29) is 33.9 Å². The van der Waals surface area contributed by atoms with Gasteiger partial charge in [-0.3, -0.25) is 0 Å². The molecule has 2 aromatic carbocycles. The highest BCUT2D eigenvalue weighted by molar-refractivity contribution is 5.99. The van der Waals surface area contributed by atoms with Crippen LogP contribution in [-0.2, 0) is 20.3 Å². The van der Waals surface area contributed by atoms with Gasteiger partial charge in [-0.1, -0.05) is 90.1 Å². The van der Waals surface area contributed by atoms with E-state index in [1.807, 2.05) is 48.5 Å². The third kappa shape index (κ3) is 6.14. The maximum Gasteiger partial charge on any atom is 0.379 e. The molecule has 0 amide bonds. The Morgan fingerprint density at radius 2 is 0.895 bits per heavy atom. The lowest BCUT2D eigenvalue weighted by Gasteiger charge is -2.21. The summed E-state index contributed by atoms with van der Waals surface area (Å²) in [6, 6.07) is 21.4. The topological polar surface area (TPSA) is 78.9 Å². The van der Waals surface area contributed by atoms with E-state index in [1.165, 1.54) is 24.7 Å². The molecule has 38 heavy (non-hydrogen) atoms. The molecule has 4 aromatic rings. The Kier molecular flexibility index (Phi) is 7.44. The van der Waals surface area contributed by atoms with Crippen LogP contribution in [0.25, 0.3) is 11.5 Å². The van der Waals surface area contributed by atoms with Crippen molar-refractivity contribution in [2.45, 2.75) is 52.4 Å². The van der Waals surface area contributed by atoms with Crippen molar-refractivity contribution in [2.75, 3.05) is 0 Å². The van der Waals surface area contributed by atoms with Gasteiger partial charge in [-0.25, -0.2) is 9.59 Å². The van der Waals surface area contributed by atoms with Gasteiger partial charge in [0, 0.05) is 11.1 Å². The highest BCUT2D eigenvalue weighted by Crippen LogP contribution is 2.33. The Bertz CT molecular complexity index is 1300. The number of furan rings is 2. The molecule has 6 nitrogen and oxygen atoms in total. The lowest BCUT2D eigenvalue weighted by molar-refractivity contribution is 0.0613. The first-order valence-electron chi connectivity index (χ1n) is 12.4. The predicted molar refractivity (Wildman–Crippen MR) is 145 cm³/mol. The quantitative estimate of drug-likeness (QED) is 0.148. The average molecular weight is 513 g/mol. The number of hydrogen-bond acceptors (Lipinski definition) is 6. The number of rotatable bonds is 6. The van der Waals surface area contributed by atoms with E-state index in [0.717, 1.165) is 11.1 Å². The second kappa shape index (κ2) is 10.6. The molecule has 0 aliphatic rings. The van der Waals surface area contributed by atoms with Crippen molar-refractivity contribution in [3.63, 3.8) is 0 Å². The first-order valence-corrected chi connectivity index (χ1v) is 12.4. The van der Waals surface area contributed by atoms with Crippen LogP contribution >= 0.6 is 0 Å². The van der Waals surface area contributed by atoms with Crippen molar-refractivity contribution in [1.29, 1.82) is 0 Å². The van der Waals surface area contributed by atoms with Gasteiger partial charge < -0.3 is 18.3 Å². The predicted octanol–water partition coefficient (Wildman–Crippen LogP) is 8.01. The fourth-order valence-electron chi connectivity index (χ4n) is 3.79. The Balaban J connectivity index is 1.89. The standard InChI is InChI=1S/C32H32O6/c1-31(2,3)23-15-11-21(12-16-23)27(37-29(33)25-9-7-19-35-25)28(38-30(34)26-10-8-20-36-26)22-13-17-24(18-14-22)32(4,5)6/h7-20H,1-6H3. The number of ether oxygens (including phenoxy) is 2. The summed E-state index contributed by atoms with van der Waals surface area (Å²) in [6.07, 6.45) is 2.78. The average Bonchev–Trinajstić information content (AvgIpc) is 3.60. The van der Waals surface area contributed by atoms with Crippen LogP contribution in [-0.4, -0.2) is 11.9 Å². The fourth-order valence-corrected chi connectivity index (χ4v) is 3.79. The number of benzene rings is 2. The zero-order valence-electron chi connectivity index (χ0n) is 22.5. The van der Waals surface area contributed by atoms with Crippen molar-refractivity contribution in [1.82, 2.24) is 0 Å². The maximum absolute atomic E-state index is 13.0. The van der Waals surface area contributed by atoms with Crippen LogP contribution in [0.15, 0.2) is 94.2 Å². The Morgan fingerprint density at radius 1 is 0.553 bits per heavy atom. The molecule has 0 unspecified atom stereocenters. The molecular formula is C32H32O6. The van der Waals surface area contributed by atoms with Gasteiger partial charge in [-0.05, 0) is 46.2 Å². The largest absolute Gasteiger partial charge is 0.457 e. The van der Waals surface area contributed by atoms with Gasteiger partial charge in [0.15, 0.2) is 11.5 Å². The van der Waals surface area contributed by atoms with Gasteiger partial charge in [0.25, 0.3) is 0 Å². The molecule has 4 rings (SSSR count). The Labute approximate surface area is 222 Å². The van der Waals surface area contributed by atoms with E-state index >= 15 is 0 Å². The van der Waals surface area contributed by atoms with Crippen LogP contribution in [0, 0.1) is 0 Å². The minimum atomic E-state index is -0.720. The fraction of sp³-hybridized carbons (Fsp3) is 0.250. The molecule has 196 valence electrons. The molecule has 0 fully saturated rings. The van der Waals surface area contributed by atoms with Crippen molar-refractivity contribution in [3.05, 3.63) is 119 Å². The monoisotopic (exact) mass is 512 g/mol. The van der Waals surface area contributed by atoms with Crippen LogP contribution < -0.4 is 0 Å². The zero-order valence-corrected chi connectivity index (χ0v) is 22.5. The highest BCUT2D eigenvalue weighted by Gasteiger charge is 2.26. The molecule has 0 aliphatic carbocycles. The summed E-state index contributed by atoms with van der Waals surface area (Å²) in [6.45, 7) is 12.7. The van der Waals surface area contributed by atoms with Gasteiger partial charge >= 0.3 is 11.9 Å². The summed E-state index contributed by atoms with van der Waals surface area (Å²) in [5.74, 6) is -1.24. The summed E-state index contributed by atoms with van der Waals surface area (Å²) in [5, 5.41) is 0. The second-order valence-corrected chi connectivity index (χ2v) is 11.0. The number of carbonyl (C=O) groups excluding carboxylic acids is 2. The zero-order chi connectivity index (χ0) is 27.5. The highest BCUT2D eigenvalue weighted by atomic mass is 16.6. The lowest BCUT2D eigenvalue weighted by atomic mass is 9.86. The molecular weight excluding hydrogens is 480 g/mol. The minimum Gasteiger partial charge on any atom is -0.457 e. The van der Waals surface area contributed by atoms with Crippen molar-refractivity contribution < 1.29 is 27.9 Å². The lowest BCUT2D eigenvalue weighted by Crippen LogP contribution is -2.13. The maximum atomic E-state index is 13.0. The molecule has 0 bridgehead atoms. The molecule has 0 saturated carbocycles. The molecule has 0 radical (unpaired) electrons. The third-order valence-electron chi connectivity index (χ3n) is 6.07. The van der Waals surface area contributed by atoms with E-state index in [1.54, 1.807) is 12.1 Å². The van der Waals surface area contributed by atoms with E-state index in [2.05, 4.69) is 41.5 Å². The van der Waals surface area contributed by atoms with Crippen LogP contribution in [0.5, 0.6) is 0 Å². The Hall–Kier alpha value is -4.32. The van der Waals surface area contributed by atoms with Gasteiger partial charge in [0.2, 0.25) is 11.5 Å². The van der Waals surface area contributed by atoms with E-state index in [4.69, 9.17) is 18.3 Å². The SMILES string of the molecule is CC(C)(C)c1ccc(C(OC(=O)c2ccco2)=C(OC(=O)c2ccco2)c2ccc(C(C)(C)C)cc2)cc1. The van der Waals surface area contributed by atoms with Crippen LogP contribution in [0.4, 0.5) is 0 Å². The van der Waals surface area contributed by atoms with Gasteiger partial charge in [0.1, 0.15) is 0 Å². The molecule has 0 aliphatic heterocycles. The molecule has 0 atom stereocenters. The van der Waals surface area contributed by atoms with Crippen molar-refractivity contribution >= 4 is 23.5 Å². The summed E-state index contributed by atoms with van der Waals surface area (Å²) in [7, 11) is 0. The van der Waals surface area contributed by atoms with Gasteiger partial charge in [-0.15, -0.1) is 0 Å². The molecule has 0 N–H and O–H groups in total. The van der Waals surface area contributed by atoms with Crippen molar-refractivity contribution in [3.8, 4) is 0 Å². The normalized spacial score (nSPS) is 12.6. The number of carbonyl (C=O) groups is 2. The van der Waals surface area contributed by atoms with Gasteiger partial charge in [-0.2, -0.15) is 0 Å². The van der Waals surface area contributed by atoms with E-state index in [9.17, 15) is 9.59 Å². The second-order valence-electron chi connectivity index (χ2n) is 11.0. The van der Waals surface area contributed by atoms with Crippen LogP contribution in [0.2, 0.25) is 0 Å². The molecule has 0 spiro atoms. The summed E-state index contributed by atoms with van der Waals surface area (Å²) in [4.78, 5) is 26.1. The van der Waals surface area contributed by atoms with Crippen LogP contribution in [0.1, 0.15) is 84.9 Å². The first kappa shape index (κ1) is 26.7. The van der Waals surface area contributed by atoms with Gasteiger partial charge in [0.05, 0.1) is 12.5 Å². The smallest absolute Gasteiger partial charge is 0.379 e. The Morgan fingerprint density at radius 3 is 1.16 bits per heavy atom. The van der Waals surface area contributed by atoms with E-state index in [0.29, 0.717) is 11.1 Å².